The molecular formula is C15H13ClFN3O5. The van der Waals surface area contributed by atoms with Gasteiger partial charge >= 0.3 is 11.7 Å². The number of esters is 1. The molecule has 2 aromatic rings. The number of ether oxygens (including phenoxy) is 1. The predicted molar refractivity (Wildman–Crippen MR) is 87.1 cm³/mol. The lowest BCUT2D eigenvalue weighted by Gasteiger charge is -2.09. The fourth-order valence-corrected chi connectivity index (χ4v) is 2.25. The Kier molecular flexibility index (Phi) is 5.38. The number of rotatable bonds is 5. The highest BCUT2D eigenvalue weighted by Crippen LogP contribution is 2.19. The molecule has 0 fully saturated rings. The summed E-state index contributed by atoms with van der Waals surface area (Å²) in [6.45, 7) is -0.795. The van der Waals surface area contributed by atoms with E-state index in [0.717, 1.165) is 10.6 Å². The minimum Gasteiger partial charge on any atom is -0.457 e. The van der Waals surface area contributed by atoms with Crippen LogP contribution in [-0.2, 0) is 23.0 Å². The van der Waals surface area contributed by atoms with Crippen LogP contribution in [0.5, 0.6) is 0 Å². The van der Waals surface area contributed by atoms with Gasteiger partial charge in [-0.25, -0.2) is 9.18 Å². The number of nitrogens with one attached hydrogen (secondary N) is 1. The van der Waals surface area contributed by atoms with Crippen LogP contribution in [0, 0.1) is 5.82 Å². The van der Waals surface area contributed by atoms with Gasteiger partial charge in [0.25, 0.3) is 5.56 Å². The van der Waals surface area contributed by atoms with Gasteiger partial charge in [0.1, 0.15) is 17.2 Å². The summed E-state index contributed by atoms with van der Waals surface area (Å²) < 4.78 is 19.2. The van der Waals surface area contributed by atoms with Gasteiger partial charge in [-0.3, -0.25) is 23.9 Å². The number of hydrogen-bond donors (Lipinski definition) is 2. The molecule has 3 N–H and O–H groups in total. The Morgan fingerprint density at radius 2 is 2.04 bits per heavy atom. The molecule has 0 saturated carbocycles. The molecule has 8 nitrogen and oxygen atoms in total. The molecule has 0 radical (unpaired) electrons. The van der Waals surface area contributed by atoms with Gasteiger partial charge in [0, 0.05) is 17.6 Å². The molecule has 10 heteroatoms. The van der Waals surface area contributed by atoms with Crippen molar-refractivity contribution in [2.75, 3.05) is 12.3 Å². The number of hydrogen-bond acceptors (Lipinski definition) is 6. The molecule has 1 heterocycles. The summed E-state index contributed by atoms with van der Waals surface area (Å²) in [4.78, 5) is 48.8. The number of aromatic amines is 1. The first-order valence-corrected chi connectivity index (χ1v) is 7.30. The molecule has 2 rings (SSSR count). The number of nitrogens with two attached hydrogens (primary N) is 1. The summed E-state index contributed by atoms with van der Waals surface area (Å²) in [5, 5.41) is 0.0435. The van der Waals surface area contributed by atoms with E-state index in [1.165, 1.54) is 19.2 Å². The molecule has 0 saturated heterocycles. The second kappa shape index (κ2) is 7.31. The van der Waals surface area contributed by atoms with Crippen molar-refractivity contribution >= 4 is 29.2 Å². The molecule has 1 aromatic carbocycles. The summed E-state index contributed by atoms with van der Waals surface area (Å²) in [6, 6.07) is 3.91. The fraction of sp³-hybridized carbons (Fsp3) is 0.200. The Labute approximate surface area is 145 Å². The van der Waals surface area contributed by atoms with Crippen LogP contribution in [0.2, 0.25) is 5.02 Å². The van der Waals surface area contributed by atoms with Crippen molar-refractivity contribution in [1.29, 1.82) is 0 Å². The number of anilines is 1. The standard InChI is InChI=1S/C15H13ClFN3O5/c1-20-13(18)12(14(23)19-15(20)24)10(21)6-25-11(22)5-7-8(16)3-2-4-9(7)17/h2-4H,5-6,18H2,1H3,(H,19,23,24). The van der Waals surface area contributed by atoms with E-state index in [1.54, 1.807) is 0 Å². The van der Waals surface area contributed by atoms with Crippen LogP contribution in [0.25, 0.3) is 0 Å². The number of H-pyrrole nitrogens is 1. The minimum absolute atomic E-state index is 0.0435. The van der Waals surface area contributed by atoms with Gasteiger partial charge < -0.3 is 10.5 Å². The molecule has 1 aromatic heterocycles. The van der Waals surface area contributed by atoms with Gasteiger partial charge in [-0.2, -0.15) is 0 Å². The van der Waals surface area contributed by atoms with Gasteiger partial charge in [-0.15, -0.1) is 0 Å². The summed E-state index contributed by atoms with van der Waals surface area (Å²) in [5.41, 5.74) is 3.23. The monoisotopic (exact) mass is 369 g/mol. The van der Waals surface area contributed by atoms with E-state index in [1.807, 2.05) is 4.98 Å². The molecule has 0 amide bonds. The van der Waals surface area contributed by atoms with E-state index < -0.39 is 47.4 Å². The fourth-order valence-electron chi connectivity index (χ4n) is 2.02. The Morgan fingerprint density at radius 3 is 2.68 bits per heavy atom. The van der Waals surface area contributed by atoms with E-state index in [4.69, 9.17) is 22.1 Å². The van der Waals surface area contributed by atoms with Crippen LogP contribution in [0.15, 0.2) is 27.8 Å². The molecular weight excluding hydrogens is 357 g/mol. The third-order valence-electron chi connectivity index (χ3n) is 3.40. The van der Waals surface area contributed by atoms with Crippen molar-refractivity contribution in [3.63, 3.8) is 0 Å². The lowest BCUT2D eigenvalue weighted by atomic mass is 10.1. The molecule has 0 spiro atoms. The Hall–Kier alpha value is -2.94. The zero-order valence-corrected chi connectivity index (χ0v) is 13.7. The summed E-state index contributed by atoms with van der Waals surface area (Å²) in [5.74, 6) is -2.86. The highest BCUT2D eigenvalue weighted by molar-refractivity contribution is 6.31. The largest absolute Gasteiger partial charge is 0.457 e. The lowest BCUT2D eigenvalue weighted by molar-refractivity contribution is -0.141. The van der Waals surface area contributed by atoms with E-state index in [-0.39, 0.29) is 16.4 Å². The highest BCUT2D eigenvalue weighted by Gasteiger charge is 2.20. The van der Waals surface area contributed by atoms with Crippen LogP contribution in [0.3, 0.4) is 0 Å². The molecule has 0 unspecified atom stereocenters. The average molecular weight is 370 g/mol. The van der Waals surface area contributed by atoms with Crippen molar-refractivity contribution in [1.82, 2.24) is 9.55 Å². The van der Waals surface area contributed by atoms with Gasteiger partial charge in [0.15, 0.2) is 6.61 Å². The number of ketones is 1. The Bertz CT molecular complexity index is 946. The van der Waals surface area contributed by atoms with Crippen LogP contribution in [-0.4, -0.2) is 27.9 Å². The van der Waals surface area contributed by atoms with Gasteiger partial charge in [0.2, 0.25) is 5.78 Å². The number of carbonyl (C=O) groups excluding carboxylic acids is 2. The van der Waals surface area contributed by atoms with Gasteiger partial charge in [-0.1, -0.05) is 17.7 Å². The maximum Gasteiger partial charge on any atom is 0.329 e. The van der Waals surface area contributed by atoms with Crippen LogP contribution in [0.4, 0.5) is 10.2 Å². The number of aromatic nitrogens is 2. The number of Topliss-reactive ketones (excluding diaryl/α,β-unsaturated/α-hetero) is 1. The Balaban J connectivity index is 2.11. The van der Waals surface area contributed by atoms with Crippen molar-refractivity contribution in [2.24, 2.45) is 7.05 Å². The van der Waals surface area contributed by atoms with Crippen molar-refractivity contribution in [3.8, 4) is 0 Å². The highest BCUT2D eigenvalue weighted by atomic mass is 35.5. The second-order valence-corrected chi connectivity index (χ2v) is 5.45. The molecule has 0 atom stereocenters. The number of halogens is 2. The summed E-state index contributed by atoms with van der Waals surface area (Å²) in [7, 11) is 1.26. The quantitative estimate of drug-likeness (QED) is 0.581. The van der Waals surface area contributed by atoms with Crippen molar-refractivity contribution in [3.05, 3.63) is 61.0 Å². The van der Waals surface area contributed by atoms with Crippen LogP contribution in [0.1, 0.15) is 15.9 Å². The maximum atomic E-state index is 13.6. The Morgan fingerprint density at radius 1 is 1.36 bits per heavy atom. The second-order valence-electron chi connectivity index (χ2n) is 5.04. The molecule has 0 bridgehead atoms. The van der Waals surface area contributed by atoms with E-state index >= 15 is 0 Å². The topological polar surface area (TPSA) is 124 Å². The third kappa shape index (κ3) is 3.94. The van der Waals surface area contributed by atoms with Crippen molar-refractivity contribution < 1.29 is 18.7 Å². The zero-order chi connectivity index (χ0) is 18.7. The minimum atomic E-state index is -0.987. The first-order chi connectivity index (χ1) is 11.7. The molecule has 132 valence electrons. The first kappa shape index (κ1) is 18.4. The summed E-state index contributed by atoms with van der Waals surface area (Å²) in [6.07, 6.45) is -0.488. The lowest BCUT2D eigenvalue weighted by Crippen LogP contribution is -2.36. The van der Waals surface area contributed by atoms with Crippen molar-refractivity contribution in [2.45, 2.75) is 6.42 Å². The SMILES string of the molecule is Cn1c(N)c(C(=O)COC(=O)Cc2c(F)cccc2Cl)c(=O)[nH]c1=O. The number of nitrogens with zero attached hydrogens (tertiary/aromatic N) is 1. The number of benzene rings is 1. The summed E-state index contributed by atoms with van der Waals surface area (Å²) >= 11 is 5.80. The van der Waals surface area contributed by atoms with Gasteiger partial charge in [0.05, 0.1) is 6.42 Å². The molecule has 25 heavy (non-hydrogen) atoms. The predicted octanol–water partition coefficient (Wildman–Crippen LogP) is 0.417. The van der Waals surface area contributed by atoms with E-state index in [2.05, 4.69) is 0 Å². The molecule has 0 aliphatic rings. The van der Waals surface area contributed by atoms with E-state index in [9.17, 15) is 23.6 Å². The third-order valence-corrected chi connectivity index (χ3v) is 3.75. The number of carbonyl (C=O) groups is 2. The average Bonchev–Trinajstić information content (AvgIpc) is 2.54. The smallest absolute Gasteiger partial charge is 0.329 e. The molecule has 0 aliphatic heterocycles. The maximum absolute atomic E-state index is 13.6. The van der Waals surface area contributed by atoms with Gasteiger partial charge in [-0.05, 0) is 12.1 Å². The normalized spacial score (nSPS) is 10.5. The number of nitrogen functional groups attached to an aromatic ring is 1. The zero-order valence-electron chi connectivity index (χ0n) is 13.0. The van der Waals surface area contributed by atoms with Crippen LogP contribution < -0.4 is 17.0 Å². The first-order valence-electron chi connectivity index (χ1n) is 6.93. The molecule has 0 aliphatic carbocycles. The van der Waals surface area contributed by atoms with E-state index in [0.29, 0.717) is 0 Å². The van der Waals surface area contributed by atoms with Crippen LogP contribution >= 0.6 is 11.6 Å².